The van der Waals surface area contributed by atoms with Gasteiger partial charge >= 0.3 is 0 Å². The zero-order valence-electron chi connectivity index (χ0n) is 13.1. The monoisotopic (exact) mass is 283 g/mol. The summed E-state index contributed by atoms with van der Waals surface area (Å²) >= 11 is 1.94. The Morgan fingerprint density at radius 3 is 2.37 bits per heavy atom. The molecule has 0 fully saturated rings. The number of aryl methyl sites for hydroxylation is 1. The Kier molecular flexibility index (Phi) is 7.05. The minimum absolute atomic E-state index is 0.0822. The molecule has 0 radical (unpaired) electrons. The van der Waals surface area contributed by atoms with E-state index in [1.807, 2.05) is 11.3 Å². The fourth-order valence-corrected chi connectivity index (χ4v) is 3.46. The summed E-state index contributed by atoms with van der Waals surface area (Å²) in [6.07, 6.45) is 3.22. The maximum atomic E-state index is 6.04. The maximum absolute atomic E-state index is 6.04. The molecule has 0 aromatic carbocycles. The van der Waals surface area contributed by atoms with Crippen LogP contribution in [0.15, 0.2) is 12.1 Å². The minimum Gasteiger partial charge on any atom is -0.374 e. The van der Waals surface area contributed by atoms with Gasteiger partial charge in [-0.3, -0.25) is 0 Å². The molecule has 3 heteroatoms. The second-order valence-electron chi connectivity index (χ2n) is 5.14. The van der Waals surface area contributed by atoms with Crippen molar-refractivity contribution in [2.24, 2.45) is 0 Å². The van der Waals surface area contributed by atoms with Crippen LogP contribution in [0, 0.1) is 0 Å². The number of ether oxygens (including phenoxy) is 1. The van der Waals surface area contributed by atoms with Crippen molar-refractivity contribution in [2.75, 3.05) is 13.2 Å². The predicted molar refractivity (Wildman–Crippen MR) is 85.2 cm³/mol. The van der Waals surface area contributed by atoms with Gasteiger partial charge in [-0.2, -0.15) is 0 Å². The van der Waals surface area contributed by atoms with Crippen LogP contribution in [-0.2, 0) is 17.6 Å². The van der Waals surface area contributed by atoms with E-state index in [-0.39, 0.29) is 5.60 Å². The standard InChI is InChI=1S/C16H29NOS/c1-6-13-10-11-14(19-13)12-15(17-8-3)16(5,7-2)18-9-4/h10-11,15,17H,6-9,12H2,1-5H3. The molecule has 0 aliphatic heterocycles. The highest BCUT2D eigenvalue weighted by molar-refractivity contribution is 7.11. The number of hydrogen-bond acceptors (Lipinski definition) is 3. The topological polar surface area (TPSA) is 21.3 Å². The van der Waals surface area contributed by atoms with E-state index in [1.165, 1.54) is 9.75 Å². The molecule has 0 aliphatic rings. The van der Waals surface area contributed by atoms with Crippen LogP contribution in [0.1, 0.15) is 50.8 Å². The van der Waals surface area contributed by atoms with E-state index in [9.17, 15) is 0 Å². The van der Waals surface area contributed by atoms with E-state index in [2.05, 4.69) is 52.1 Å². The van der Waals surface area contributed by atoms with Gasteiger partial charge in [0.2, 0.25) is 0 Å². The molecule has 1 aromatic rings. The molecule has 0 amide bonds. The van der Waals surface area contributed by atoms with Crippen LogP contribution in [0.3, 0.4) is 0 Å². The molecule has 0 spiro atoms. The van der Waals surface area contributed by atoms with Gasteiger partial charge in [-0.25, -0.2) is 0 Å². The van der Waals surface area contributed by atoms with Crippen LogP contribution in [0.4, 0.5) is 0 Å². The number of thiophene rings is 1. The van der Waals surface area contributed by atoms with E-state index < -0.39 is 0 Å². The number of rotatable bonds is 9. The number of nitrogens with one attached hydrogen (secondary N) is 1. The van der Waals surface area contributed by atoms with E-state index in [1.54, 1.807) is 0 Å². The van der Waals surface area contributed by atoms with Crippen molar-refractivity contribution >= 4 is 11.3 Å². The molecular weight excluding hydrogens is 254 g/mol. The molecule has 19 heavy (non-hydrogen) atoms. The average molecular weight is 283 g/mol. The molecule has 0 bridgehead atoms. The van der Waals surface area contributed by atoms with Gasteiger partial charge in [-0.15, -0.1) is 11.3 Å². The molecule has 110 valence electrons. The summed E-state index contributed by atoms with van der Waals surface area (Å²) in [7, 11) is 0. The van der Waals surface area contributed by atoms with Crippen molar-refractivity contribution in [3.05, 3.63) is 21.9 Å². The normalized spacial score (nSPS) is 16.3. The summed E-state index contributed by atoms with van der Waals surface area (Å²) < 4.78 is 6.04. The van der Waals surface area contributed by atoms with E-state index >= 15 is 0 Å². The second-order valence-corrected chi connectivity index (χ2v) is 6.39. The van der Waals surface area contributed by atoms with E-state index in [4.69, 9.17) is 4.74 Å². The lowest BCUT2D eigenvalue weighted by molar-refractivity contribution is -0.0545. The first-order valence-electron chi connectivity index (χ1n) is 7.54. The van der Waals surface area contributed by atoms with Gasteiger partial charge in [-0.05, 0) is 51.8 Å². The summed E-state index contributed by atoms with van der Waals surface area (Å²) in [5.74, 6) is 0. The first-order chi connectivity index (χ1) is 9.09. The third-order valence-corrected chi connectivity index (χ3v) is 5.09. The van der Waals surface area contributed by atoms with Gasteiger partial charge < -0.3 is 10.1 Å². The third-order valence-electron chi connectivity index (χ3n) is 3.83. The fourth-order valence-electron chi connectivity index (χ4n) is 2.45. The quantitative estimate of drug-likeness (QED) is 0.738. The summed E-state index contributed by atoms with van der Waals surface area (Å²) in [4.78, 5) is 2.93. The number of hydrogen-bond donors (Lipinski definition) is 1. The Bertz CT molecular complexity index is 363. The molecule has 2 nitrogen and oxygen atoms in total. The Labute approximate surface area is 122 Å². The summed E-state index contributed by atoms with van der Waals surface area (Å²) in [5.41, 5.74) is -0.0822. The molecule has 1 rings (SSSR count). The zero-order chi connectivity index (χ0) is 14.3. The molecule has 1 aromatic heterocycles. The van der Waals surface area contributed by atoms with Crippen molar-refractivity contribution < 1.29 is 4.74 Å². The first kappa shape index (κ1) is 16.7. The SMILES string of the molecule is CCNC(Cc1ccc(CC)s1)C(C)(CC)OCC. The van der Waals surface area contributed by atoms with Crippen molar-refractivity contribution in [3.8, 4) is 0 Å². The second kappa shape index (κ2) is 8.03. The van der Waals surface area contributed by atoms with E-state index in [0.717, 1.165) is 32.4 Å². The van der Waals surface area contributed by atoms with Crippen LogP contribution in [-0.4, -0.2) is 24.8 Å². The molecule has 0 saturated carbocycles. The Hall–Kier alpha value is -0.380. The van der Waals surface area contributed by atoms with Crippen molar-refractivity contribution in [2.45, 2.75) is 65.5 Å². The highest BCUT2D eigenvalue weighted by atomic mass is 32.1. The highest BCUT2D eigenvalue weighted by Gasteiger charge is 2.33. The molecule has 2 unspecified atom stereocenters. The zero-order valence-corrected chi connectivity index (χ0v) is 13.9. The van der Waals surface area contributed by atoms with Crippen LogP contribution < -0.4 is 5.32 Å². The fraction of sp³-hybridized carbons (Fsp3) is 0.750. The van der Waals surface area contributed by atoms with Crippen LogP contribution in [0.25, 0.3) is 0 Å². The molecule has 2 atom stereocenters. The van der Waals surface area contributed by atoms with Gasteiger partial charge in [0.15, 0.2) is 0 Å². The molecule has 0 saturated heterocycles. The summed E-state index contributed by atoms with van der Waals surface area (Å²) in [6.45, 7) is 12.7. The van der Waals surface area contributed by atoms with Gasteiger partial charge in [-0.1, -0.05) is 20.8 Å². The van der Waals surface area contributed by atoms with Gasteiger partial charge in [0, 0.05) is 22.4 Å². The molecule has 0 aliphatic carbocycles. The highest BCUT2D eigenvalue weighted by Crippen LogP contribution is 2.26. The molecular formula is C16H29NOS. The lowest BCUT2D eigenvalue weighted by Gasteiger charge is -2.37. The predicted octanol–water partition coefficient (Wildman–Crippen LogP) is 4.04. The lowest BCUT2D eigenvalue weighted by atomic mass is 9.90. The van der Waals surface area contributed by atoms with Crippen LogP contribution in [0.5, 0.6) is 0 Å². The minimum atomic E-state index is -0.0822. The van der Waals surface area contributed by atoms with Crippen molar-refractivity contribution in [3.63, 3.8) is 0 Å². The van der Waals surface area contributed by atoms with Crippen molar-refractivity contribution in [1.82, 2.24) is 5.32 Å². The van der Waals surface area contributed by atoms with Gasteiger partial charge in [0.25, 0.3) is 0 Å². The van der Waals surface area contributed by atoms with Crippen molar-refractivity contribution in [1.29, 1.82) is 0 Å². The van der Waals surface area contributed by atoms with Crippen LogP contribution in [0.2, 0.25) is 0 Å². The average Bonchev–Trinajstić information content (AvgIpc) is 2.86. The van der Waals surface area contributed by atoms with Gasteiger partial charge in [0.05, 0.1) is 5.60 Å². The van der Waals surface area contributed by atoms with E-state index in [0.29, 0.717) is 6.04 Å². The first-order valence-corrected chi connectivity index (χ1v) is 8.36. The Balaban J connectivity index is 2.80. The molecule has 1 N–H and O–H groups in total. The smallest absolute Gasteiger partial charge is 0.0807 e. The summed E-state index contributed by atoms with van der Waals surface area (Å²) in [5, 5.41) is 3.62. The van der Waals surface area contributed by atoms with Gasteiger partial charge in [0.1, 0.15) is 0 Å². The Morgan fingerprint density at radius 2 is 1.89 bits per heavy atom. The maximum Gasteiger partial charge on any atom is 0.0807 e. The Morgan fingerprint density at radius 1 is 1.21 bits per heavy atom. The van der Waals surface area contributed by atoms with Crippen LogP contribution >= 0.6 is 11.3 Å². The largest absolute Gasteiger partial charge is 0.374 e. The number of likely N-dealkylation sites (N-methyl/N-ethyl adjacent to an activating group) is 1. The lowest BCUT2D eigenvalue weighted by Crippen LogP contribution is -2.51. The molecule has 1 heterocycles. The summed E-state index contributed by atoms with van der Waals surface area (Å²) in [6, 6.07) is 4.91. The third kappa shape index (κ3) is 4.59.